The molecule has 1 aliphatic heterocycles. The molecule has 0 unspecified atom stereocenters. The third-order valence-electron chi connectivity index (χ3n) is 3.67. The van der Waals surface area contributed by atoms with Crippen LogP contribution in [-0.2, 0) is 6.54 Å². The molecule has 1 fully saturated rings. The molecule has 2 heterocycles. The Morgan fingerprint density at radius 2 is 1.84 bits per heavy atom. The number of nitrogens with one attached hydrogen (secondary N) is 1. The number of furan rings is 1. The van der Waals surface area contributed by atoms with Crippen molar-refractivity contribution in [2.45, 2.75) is 6.54 Å². The summed E-state index contributed by atoms with van der Waals surface area (Å²) in [4.78, 5) is 4.00. The van der Waals surface area contributed by atoms with Crippen molar-refractivity contribution in [2.24, 2.45) is 0 Å². The summed E-state index contributed by atoms with van der Waals surface area (Å²) < 4.78 is 5.41. The number of quaternary nitrogens is 1. The second kappa shape index (κ2) is 5.68. The van der Waals surface area contributed by atoms with Crippen molar-refractivity contribution in [3.05, 3.63) is 53.4 Å². The molecule has 0 amide bonds. The van der Waals surface area contributed by atoms with E-state index in [-0.39, 0.29) is 0 Å². The molecule has 100 valence electrons. The molecule has 19 heavy (non-hydrogen) atoms. The van der Waals surface area contributed by atoms with Gasteiger partial charge in [0.15, 0.2) is 5.76 Å². The largest absolute Gasteiger partial charge is 0.463 e. The fourth-order valence-corrected chi connectivity index (χ4v) is 2.70. The highest BCUT2D eigenvalue weighted by Crippen LogP contribution is 2.17. The molecule has 0 bridgehead atoms. The summed E-state index contributed by atoms with van der Waals surface area (Å²) in [7, 11) is 0. The monoisotopic (exact) mass is 277 g/mol. The van der Waals surface area contributed by atoms with E-state index < -0.39 is 0 Å². The lowest BCUT2D eigenvalue weighted by atomic mass is 10.2. The maximum absolute atomic E-state index is 5.92. The molecule has 4 heteroatoms. The van der Waals surface area contributed by atoms with Gasteiger partial charge in [0.25, 0.3) is 0 Å². The molecule has 1 aromatic carbocycles. The lowest BCUT2D eigenvalue weighted by molar-refractivity contribution is -0.915. The van der Waals surface area contributed by atoms with E-state index in [1.165, 1.54) is 5.69 Å². The Balaban J connectivity index is 1.56. The highest BCUT2D eigenvalue weighted by Gasteiger charge is 2.20. The number of hydrogen-bond donors (Lipinski definition) is 1. The Morgan fingerprint density at radius 3 is 2.47 bits per heavy atom. The van der Waals surface area contributed by atoms with Crippen molar-refractivity contribution >= 4 is 17.3 Å². The van der Waals surface area contributed by atoms with Crippen LogP contribution in [0.2, 0.25) is 5.02 Å². The van der Waals surface area contributed by atoms with Crippen molar-refractivity contribution in [3.63, 3.8) is 0 Å². The molecule has 3 rings (SSSR count). The van der Waals surface area contributed by atoms with Crippen molar-refractivity contribution < 1.29 is 9.32 Å². The molecule has 1 N–H and O–H groups in total. The molecule has 2 aromatic rings. The number of piperazine rings is 1. The zero-order chi connectivity index (χ0) is 13.1. The lowest BCUT2D eigenvalue weighted by Crippen LogP contribution is -3.13. The van der Waals surface area contributed by atoms with Crippen molar-refractivity contribution in [2.75, 3.05) is 31.1 Å². The van der Waals surface area contributed by atoms with Crippen LogP contribution in [0, 0.1) is 0 Å². The van der Waals surface area contributed by atoms with Crippen molar-refractivity contribution in [3.8, 4) is 0 Å². The van der Waals surface area contributed by atoms with Crippen LogP contribution in [0.4, 0.5) is 5.69 Å². The Bertz CT molecular complexity index is 501. The van der Waals surface area contributed by atoms with Gasteiger partial charge in [-0.05, 0) is 36.4 Å². The van der Waals surface area contributed by atoms with Crippen LogP contribution in [0.3, 0.4) is 0 Å². The number of rotatable bonds is 3. The maximum atomic E-state index is 5.92. The van der Waals surface area contributed by atoms with E-state index >= 15 is 0 Å². The molecule has 1 saturated heterocycles. The van der Waals surface area contributed by atoms with E-state index in [0.717, 1.165) is 43.5 Å². The van der Waals surface area contributed by atoms with Gasteiger partial charge in [-0.25, -0.2) is 0 Å². The first kappa shape index (κ1) is 12.6. The van der Waals surface area contributed by atoms with Crippen molar-refractivity contribution in [1.29, 1.82) is 0 Å². The molecule has 0 saturated carbocycles. The van der Waals surface area contributed by atoms with Gasteiger partial charge in [-0.15, -0.1) is 0 Å². The summed E-state index contributed by atoms with van der Waals surface area (Å²) in [5, 5.41) is 0.797. The lowest BCUT2D eigenvalue weighted by Gasteiger charge is -2.33. The molecule has 1 aliphatic rings. The van der Waals surface area contributed by atoms with Gasteiger partial charge in [0.2, 0.25) is 0 Å². The fraction of sp³-hybridized carbons (Fsp3) is 0.333. The third-order valence-corrected chi connectivity index (χ3v) is 3.92. The van der Waals surface area contributed by atoms with Gasteiger partial charge in [-0.2, -0.15) is 0 Å². The Kier molecular flexibility index (Phi) is 3.76. The van der Waals surface area contributed by atoms with E-state index in [0.29, 0.717) is 0 Å². The van der Waals surface area contributed by atoms with Gasteiger partial charge in [-0.1, -0.05) is 11.6 Å². The van der Waals surface area contributed by atoms with Gasteiger partial charge < -0.3 is 14.2 Å². The predicted molar refractivity (Wildman–Crippen MR) is 76.8 cm³/mol. The minimum absolute atomic E-state index is 0.797. The Labute approximate surface area is 118 Å². The fourth-order valence-electron chi connectivity index (χ4n) is 2.57. The molecule has 0 aliphatic carbocycles. The van der Waals surface area contributed by atoms with Crippen LogP contribution < -0.4 is 9.80 Å². The number of hydrogen-bond acceptors (Lipinski definition) is 2. The minimum Gasteiger partial charge on any atom is -0.463 e. The second-order valence-corrected chi connectivity index (χ2v) is 5.41. The standard InChI is InChI=1S/C15H17ClN2O/c16-13-3-5-14(6-4-13)18-9-7-17(8-10-18)12-15-2-1-11-19-15/h1-6,11H,7-10,12H2/p+1. The van der Waals surface area contributed by atoms with Gasteiger partial charge in [0, 0.05) is 10.7 Å². The zero-order valence-electron chi connectivity index (χ0n) is 10.8. The topological polar surface area (TPSA) is 20.8 Å². The molecule has 0 spiro atoms. The molecule has 0 atom stereocenters. The molecular weight excluding hydrogens is 260 g/mol. The summed E-state index contributed by atoms with van der Waals surface area (Å²) in [5.74, 6) is 1.08. The molecule has 0 radical (unpaired) electrons. The smallest absolute Gasteiger partial charge is 0.157 e. The van der Waals surface area contributed by atoms with E-state index in [1.54, 1.807) is 11.2 Å². The molecule has 1 aromatic heterocycles. The Morgan fingerprint density at radius 1 is 1.11 bits per heavy atom. The van der Waals surface area contributed by atoms with Crippen LogP contribution in [0.5, 0.6) is 0 Å². The summed E-state index contributed by atoms with van der Waals surface area (Å²) >= 11 is 5.92. The SMILES string of the molecule is Clc1ccc(N2CC[NH+](Cc3ccco3)CC2)cc1. The van der Waals surface area contributed by atoms with Crippen LogP contribution in [0.25, 0.3) is 0 Å². The van der Waals surface area contributed by atoms with Crippen LogP contribution in [-0.4, -0.2) is 26.2 Å². The van der Waals surface area contributed by atoms with Crippen LogP contribution >= 0.6 is 11.6 Å². The van der Waals surface area contributed by atoms with Gasteiger partial charge in [-0.3, -0.25) is 0 Å². The number of anilines is 1. The summed E-state index contributed by atoms with van der Waals surface area (Å²) in [6.07, 6.45) is 1.75. The van der Waals surface area contributed by atoms with E-state index in [2.05, 4.69) is 23.1 Å². The van der Waals surface area contributed by atoms with Crippen molar-refractivity contribution in [1.82, 2.24) is 0 Å². The van der Waals surface area contributed by atoms with E-state index in [1.807, 2.05) is 18.2 Å². The number of halogens is 1. The highest BCUT2D eigenvalue weighted by molar-refractivity contribution is 6.30. The summed E-state index contributed by atoms with van der Waals surface area (Å²) in [5.41, 5.74) is 1.27. The van der Waals surface area contributed by atoms with Crippen LogP contribution in [0.1, 0.15) is 5.76 Å². The van der Waals surface area contributed by atoms with Gasteiger partial charge in [0.05, 0.1) is 32.4 Å². The first-order valence-electron chi connectivity index (χ1n) is 6.68. The Hall–Kier alpha value is -1.45. The number of benzene rings is 1. The highest BCUT2D eigenvalue weighted by atomic mass is 35.5. The average molecular weight is 278 g/mol. The first-order chi connectivity index (χ1) is 9.31. The van der Waals surface area contributed by atoms with Gasteiger partial charge >= 0.3 is 0 Å². The maximum Gasteiger partial charge on any atom is 0.157 e. The molecule has 3 nitrogen and oxygen atoms in total. The van der Waals surface area contributed by atoms with Crippen LogP contribution in [0.15, 0.2) is 47.1 Å². The normalized spacial score (nSPS) is 16.8. The van der Waals surface area contributed by atoms with E-state index in [9.17, 15) is 0 Å². The number of nitrogens with zero attached hydrogens (tertiary/aromatic N) is 1. The first-order valence-corrected chi connectivity index (χ1v) is 7.05. The zero-order valence-corrected chi connectivity index (χ0v) is 11.6. The average Bonchev–Trinajstić information content (AvgIpc) is 2.94. The second-order valence-electron chi connectivity index (χ2n) is 4.97. The summed E-state index contributed by atoms with van der Waals surface area (Å²) in [6.45, 7) is 5.43. The minimum atomic E-state index is 0.797. The van der Waals surface area contributed by atoms with Gasteiger partial charge in [0.1, 0.15) is 6.54 Å². The third kappa shape index (κ3) is 3.11. The van der Waals surface area contributed by atoms with E-state index in [4.69, 9.17) is 16.0 Å². The predicted octanol–water partition coefficient (Wildman–Crippen LogP) is 1.84. The quantitative estimate of drug-likeness (QED) is 0.924. The molecular formula is C15H18ClN2O+. The summed E-state index contributed by atoms with van der Waals surface area (Å²) in [6, 6.07) is 12.1.